The number of likely N-dealkylation sites (tertiary alicyclic amines) is 1. The first-order valence-corrected chi connectivity index (χ1v) is 8.27. The van der Waals surface area contributed by atoms with Crippen LogP contribution in [0.2, 0.25) is 0 Å². The zero-order valence-corrected chi connectivity index (χ0v) is 11.8. The quantitative estimate of drug-likeness (QED) is 0.829. The third-order valence-electron chi connectivity index (χ3n) is 6.38. The van der Waals surface area contributed by atoms with Gasteiger partial charge in [-0.2, -0.15) is 0 Å². The maximum absolute atomic E-state index is 12.5. The predicted octanol–water partition coefficient (Wildman–Crippen LogP) is 2.15. The molecule has 1 unspecified atom stereocenters. The fourth-order valence-electron chi connectivity index (χ4n) is 5.95. The molecule has 4 bridgehead atoms. The molecule has 5 fully saturated rings. The van der Waals surface area contributed by atoms with Crippen molar-refractivity contribution >= 4 is 5.91 Å². The van der Waals surface area contributed by atoms with Crippen molar-refractivity contribution in [1.82, 2.24) is 4.90 Å². The Bertz CT molecular complexity index is 353. The van der Waals surface area contributed by atoms with Gasteiger partial charge < -0.3 is 10.6 Å². The van der Waals surface area contributed by atoms with Crippen molar-refractivity contribution in [2.24, 2.45) is 29.4 Å². The van der Waals surface area contributed by atoms with Crippen molar-refractivity contribution in [2.45, 2.75) is 63.5 Å². The number of rotatable bonds is 2. The lowest BCUT2D eigenvalue weighted by Gasteiger charge is -2.59. The van der Waals surface area contributed by atoms with Crippen LogP contribution in [0.4, 0.5) is 0 Å². The first-order valence-electron chi connectivity index (χ1n) is 8.27. The van der Waals surface area contributed by atoms with Crippen LogP contribution in [0.25, 0.3) is 0 Å². The van der Waals surface area contributed by atoms with Crippen LogP contribution >= 0.6 is 0 Å². The molecular weight excluding hydrogens is 236 g/mol. The van der Waals surface area contributed by atoms with E-state index in [0.717, 1.165) is 42.9 Å². The van der Waals surface area contributed by atoms with Crippen molar-refractivity contribution in [2.75, 3.05) is 6.54 Å². The molecule has 4 saturated carbocycles. The average Bonchev–Trinajstić information content (AvgIpc) is 2.39. The van der Waals surface area contributed by atoms with Crippen LogP contribution < -0.4 is 5.73 Å². The molecule has 1 atom stereocenters. The molecule has 0 aromatic heterocycles. The second-order valence-electron chi connectivity index (χ2n) is 7.50. The molecule has 0 aromatic rings. The number of carbonyl (C=O) groups is 1. The number of nitrogens with zero attached hydrogens (tertiary/aromatic N) is 1. The summed E-state index contributed by atoms with van der Waals surface area (Å²) in [5.74, 6) is 3.96. The van der Waals surface area contributed by atoms with Gasteiger partial charge >= 0.3 is 0 Å². The van der Waals surface area contributed by atoms with Gasteiger partial charge in [0, 0.05) is 25.0 Å². The van der Waals surface area contributed by atoms with Crippen molar-refractivity contribution in [1.29, 1.82) is 0 Å². The molecule has 0 aromatic carbocycles. The van der Waals surface area contributed by atoms with E-state index in [4.69, 9.17) is 5.73 Å². The van der Waals surface area contributed by atoms with Crippen molar-refractivity contribution in [3.05, 3.63) is 0 Å². The summed E-state index contributed by atoms with van der Waals surface area (Å²) in [5, 5.41) is 0. The van der Waals surface area contributed by atoms with E-state index < -0.39 is 0 Å². The summed E-state index contributed by atoms with van der Waals surface area (Å²) in [7, 11) is 0. The Morgan fingerprint density at radius 2 is 1.68 bits per heavy atom. The minimum Gasteiger partial charge on any atom is -0.335 e. The highest BCUT2D eigenvalue weighted by Crippen LogP contribution is 2.55. The number of carbonyl (C=O) groups excluding carboxylic acids is 1. The second kappa shape index (κ2) is 4.47. The fraction of sp³-hybridized carbons (Fsp3) is 0.938. The standard InChI is InChI=1S/C16H26N2O/c17-9-14-2-1-3-15(19)18(14)16-12-5-10-4-11(7-12)8-13(16)6-10/h10-14,16H,1-9,17H2. The van der Waals surface area contributed by atoms with E-state index in [9.17, 15) is 4.79 Å². The lowest BCUT2D eigenvalue weighted by Crippen LogP contribution is -2.62. The van der Waals surface area contributed by atoms with E-state index in [1.807, 2.05) is 0 Å². The number of hydrogen-bond acceptors (Lipinski definition) is 2. The molecule has 5 aliphatic rings. The normalized spacial score (nSPS) is 48.9. The Hall–Kier alpha value is -0.570. The second-order valence-corrected chi connectivity index (χ2v) is 7.50. The zero-order chi connectivity index (χ0) is 13.0. The fourth-order valence-corrected chi connectivity index (χ4v) is 5.95. The molecule has 1 amide bonds. The number of hydrogen-bond donors (Lipinski definition) is 1. The number of amides is 1. The average molecular weight is 262 g/mol. The molecule has 1 aliphatic heterocycles. The van der Waals surface area contributed by atoms with Gasteiger partial charge in [0.15, 0.2) is 0 Å². The highest BCUT2D eigenvalue weighted by Gasteiger charge is 2.52. The Kier molecular flexibility index (Phi) is 2.87. The highest BCUT2D eigenvalue weighted by atomic mass is 16.2. The largest absolute Gasteiger partial charge is 0.335 e. The molecular formula is C16H26N2O. The summed E-state index contributed by atoms with van der Waals surface area (Å²) in [5.41, 5.74) is 5.96. The maximum Gasteiger partial charge on any atom is 0.223 e. The van der Waals surface area contributed by atoms with Gasteiger partial charge in [0.2, 0.25) is 5.91 Å². The minimum atomic E-state index is 0.337. The van der Waals surface area contributed by atoms with Gasteiger partial charge in [-0.1, -0.05) is 0 Å². The summed E-state index contributed by atoms with van der Waals surface area (Å²) in [4.78, 5) is 14.7. The van der Waals surface area contributed by atoms with Gasteiger partial charge in [-0.25, -0.2) is 0 Å². The summed E-state index contributed by atoms with van der Waals surface area (Å²) in [6.45, 7) is 0.661. The summed E-state index contributed by atoms with van der Waals surface area (Å²) < 4.78 is 0. The van der Waals surface area contributed by atoms with E-state index in [2.05, 4.69) is 4.90 Å². The molecule has 4 aliphatic carbocycles. The Balaban J connectivity index is 1.62. The molecule has 1 saturated heterocycles. The first kappa shape index (κ1) is 12.2. The predicted molar refractivity (Wildman–Crippen MR) is 74.4 cm³/mol. The summed E-state index contributed by atoms with van der Waals surface area (Å²) >= 11 is 0. The molecule has 106 valence electrons. The van der Waals surface area contributed by atoms with Crippen molar-refractivity contribution in [3.63, 3.8) is 0 Å². The molecule has 3 nitrogen and oxygen atoms in total. The molecule has 2 N–H and O–H groups in total. The molecule has 19 heavy (non-hydrogen) atoms. The Labute approximate surface area is 115 Å². The zero-order valence-electron chi connectivity index (χ0n) is 11.8. The minimum absolute atomic E-state index is 0.337. The molecule has 1 heterocycles. The van der Waals surface area contributed by atoms with Gasteiger partial charge in [0.05, 0.1) is 0 Å². The highest BCUT2D eigenvalue weighted by molar-refractivity contribution is 5.77. The van der Waals surface area contributed by atoms with Gasteiger partial charge in [0.1, 0.15) is 0 Å². The van der Waals surface area contributed by atoms with Crippen molar-refractivity contribution < 1.29 is 4.79 Å². The van der Waals surface area contributed by atoms with Gasteiger partial charge in [-0.15, -0.1) is 0 Å². The van der Waals surface area contributed by atoms with Gasteiger partial charge in [-0.05, 0) is 68.6 Å². The topological polar surface area (TPSA) is 46.3 Å². The van der Waals surface area contributed by atoms with E-state index in [1.54, 1.807) is 0 Å². The molecule has 0 spiro atoms. The van der Waals surface area contributed by atoms with E-state index in [0.29, 0.717) is 24.5 Å². The van der Waals surface area contributed by atoms with Crippen LogP contribution in [-0.4, -0.2) is 29.4 Å². The number of nitrogens with two attached hydrogens (primary N) is 1. The SMILES string of the molecule is NCC1CCCC(=O)N1C1C2CC3CC(C2)CC1C3. The van der Waals surface area contributed by atoms with Crippen LogP contribution in [-0.2, 0) is 4.79 Å². The third kappa shape index (κ3) is 1.84. The summed E-state index contributed by atoms with van der Waals surface area (Å²) in [6.07, 6.45) is 9.97. The molecule has 0 radical (unpaired) electrons. The first-order chi connectivity index (χ1) is 9.26. The van der Waals surface area contributed by atoms with Crippen LogP contribution in [0.15, 0.2) is 0 Å². The van der Waals surface area contributed by atoms with E-state index >= 15 is 0 Å². The van der Waals surface area contributed by atoms with Gasteiger partial charge in [0.25, 0.3) is 0 Å². The van der Waals surface area contributed by atoms with E-state index in [-0.39, 0.29) is 0 Å². The lowest BCUT2D eigenvalue weighted by molar-refractivity contribution is -0.151. The Morgan fingerprint density at radius 1 is 1.05 bits per heavy atom. The molecule has 5 rings (SSSR count). The number of piperidine rings is 1. The third-order valence-corrected chi connectivity index (χ3v) is 6.38. The molecule has 3 heteroatoms. The smallest absolute Gasteiger partial charge is 0.223 e. The van der Waals surface area contributed by atoms with Crippen LogP contribution in [0, 0.1) is 23.7 Å². The monoisotopic (exact) mass is 262 g/mol. The van der Waals surface area contributed by atoms with Crippen molar-refractivity contribution in [3.8, 4) is 0 Å². The lowest BCUT2D eigenvalue weighted by atomic mass is 9.53. The van der Waals surface area contributed by atoms with Crippen LogP contribution in [0.1, 0.15) is 51.4 Å². The van der Waals surface area contributed by atoms with Crippen LogP contribution in [0.5, 0.6) is 0 Å². The maximum atomic E-state index is 12.5. The van der Waals surface area contributed by atoms with Gasteiger partial charge in [-0.3, -0.25) is 4.79 Å². The Morgan fingerprint density at radius 3 is 2.26 bits per heavy atom. The summed E-state index contributed by atoms with van der Waals surface area (Å²) in [6, 6.07) is 0.887. The van der Waals surface area contributed by atoms with E-state index in [1.165, 1.54) is 32.1 Å². The van der Waals surface area contributed by atoms with Crippen LogP contribution in [0.3, 0.4) is 0 Å².